The summed E-state index contributed by atoms with van der Waals surface area (Å²) in [4.78, 5) is 0. The molecule has 0 amide bonds. The maximum atomic E-state index is 6.55. The molecular weight excluding hydrogens is 337 g/mol. The topological polar surface area (TPSA) is 0 Å². The standard InChI is InChI=1S/2C6H5.2ClH.Sb/c2*1-2-4-6-5-3-1;;;/h2*1-5H;2*1H;/q;;;;+2/p-2. The second-order valence-electron chi connectivity index (χ2n) is 3.18. The molecule has 0 N–H and O–H groups in total. The summed E-state index contributed by atoms with van der Waals surface area (Å²) in [6.45, 7) is 0. The number of rotatable bonds is 2. The van der Waals surface area contributed by atoms with Gasteiger partial charge in [-0.1, -0.05) is 0 Å². The second-order valence-corrected chi connectivity index (χ2v) is 17.0. The molecule has 2 rings (SSSR count). The van der Waals surface area contributed by atoms with Crippen molar-refractivity contribution in [2.24, 2.45) is 0 Å². The van der Waals surface area contributed by atoms with Crippen LogP contribution in [-0.2, 0) is 0 Å². The molecule has 0 aromatic heterocycles. The van der Waals surface area contributed by atoms with E-state index >= 15 is 0 Å². The predicted octanol–water partition coefficient (Wildman–Crippen LogP) is 2.72. The maximum absolute atomic E-state index is 6.55. The van der Waals surface area contributed by atoms with Gasteiger partial charge < -0.3 is 0 Å². The summed E-state index contributed by atoms with van der Waals surface area (Å²) >= 11 is -3.19. The molecule has 0 bridgehead atoms. The number of benzene rings is 2. The average Bonchev–Trinajstić information content (AvgIpc) is 2.31. The zero-order valence-electron chi connectivity index (χ0n) is 7.98. The summed E-state index contributed by atoms with van der Waals surface area (Å²) in [6, 6.07) is 19.9. The first-order chi connectivity index (χ1) is 7.21. The van der Waals surface area contributed by atoms with Gasteiger partial charge in [0.1, 0.15) is 0 Å². The van der Waals surface area contributed by atoms with Gasteiger partial charge in [0.15, 0.2) is 0 Å². The second kappa shape index (κ2) is 4.78. The first kappa shape index (κ1) is 11.3. The predicted molar refractivity (Wildman–Crippen MR) is 69.6 cm³/mol. The van der Waals surface area contributed by atoms with Gasteiger partial charge in [-0.25, -0.2) is 0 Å². The Balaban J connectivity index is 2.44. The first-order valence-electron chi connectivity index (χ1n) is 4.61. The van der Waals surface area contributed by atoms with E-state index in [-0.39, 0.29) is 0 Å². The molecule has 0 saturated carbocycles. The quantitative estimate of drug-likeness (QED) is 0.733. The zero-order valence-corrected chi connectivity index (χ0v) is 12.0. The van der Waals surface area contributed by atoms with Crippen LogP contribution in [0.1, 0.15) is 0 Å². The normalized spacial score (nSPS) is 11.3. The molecule has 0 saturated heterocycles. The Bertz CT molecular complexity index is 384. The van der Waals surface area contributed by atoms with Gasteiger partial charge >= 0.3 is 102 Å². The molecule has 0 aliphatic carbocycles. The van der Waals surface area contributed by atoms with Gasteiger partial charge in [0.05, 0.1) is 0 Å². The third-order valence-corrected chi connectivity index (χ3v) is 12.8. The van der Waals surface area contributed by atoms with Crippen molar-refractivity contribution >= 4 is 41.2 Å². The molecule has 0 atom stereocenters. The van der Waals surface area contributed by atoms with Crippen LogP contribution in [0.3, 0.4) is 0 Å². The molecule has 2 aromatic carbocycles. The average molecular weight is 347 g/mol. The minimum atomic E-state index is -3.19. The van der Waals surface area contributed by atoms with E-state index < -0.39 is 16.5 Å². The van der Waals surface area contributed by atoms with Crippen molar-refractivity contribution in [1.82, 2.24) is 0 Å². The first-order valence-corrected chi connectivity index (χ1v) is 13.6. The molecule has 0 aliphatic rings. The third kappa shape index (κ3) is 2.50. The Morgan fingerprint density at radius 2 is 0.933 bits per heavy atom. The van der Waals surface area contributed by atoms with Crippen molar-refractivity contribution in [2.45, 2.75) is 0 Å². The van der Waals surface area contributed by atoms with E-state index in [2.05, 4.69) is 0 Å². The van der Waals surface area contributed by atoms with Gasteiger partial charge in [-0.15, -0.1) is 0 Å². The Hall–Kier alpha value is -0.162. The van der Waals surface area contributed by atoms with Crippen LogP contribution in [0.5, 0.6) is 0 Å². The Morgan fingerprint density at radius 3 is 1.27 bits per heavy atom. The number of halogens is 2. The summed E-state index contributed by atoms with van der Waals surface area (Å²) < 4.78 is 2.18. The van der Waals surface area contributed by atoms with Gasteiger partial charge in [-0.2, -0.15) is 0 Å². The molecule has 0 aliphatic heterocycles. The van der Waals surface area contributed by atoms with Crippen LogP contribution in [0, 0.1) is 0 Å². The van der Waals surface area contributed by atoms with E-state index in [1.165, 1.54) is 0 Å². The van der Waals surface area contributed by atoms with Crippen molar-refractivity contribution in [3.63, 3.8) is 0 Å². The van der Waals surface area contributed by atoms with Crippen molar-refractivity contribution in [2.75, 3.05) is 0 Å². The molecule has 0 fully saturated rings. The summed E-state index contributed by atoms with van der Waals surface area (Å²) in [6.07, 6.45) is 0. The molecular formula is C12H10Cl2Sb. The molecule has 3 heteroatoms. The van der Waals surface area contributed by atoms with Crippen molar-refractivity contribution in [3.8, 4) is 0 Å². The number of hydrogen-bond acceptors (Lipinski definition) is 0. The van der Waals surface area contributed by atoms with E-state index in [0.717, 1.165) is 7.02 Å². The zero-order chi connectivity index (χ0) is 10.7. The molecule has 1 radical (unpaired) electrons. The van der Waals surface area contributed by atoms with Crippen LogP contribution in [0.2, 0.25) is 0 Å². The van der Waals surface area contributed by atoms with Crippen LogP contribution >= 0.6 is 17.7 Å². The molecule has 0 heterocycles. The fraction of sp³-hybridized carbons (Fsp3) is 0. The molecule has 2 aromatic rings. The fourth-order valence-corrected chi connectivity index (χ4v) is 8.37. The van der Waals surface area contributed by atoms with Gasteiger partial charge in [0.25, 0.3) is 0 Å². The monoisotopic (exact) mass is 345 g/mol. The van der Waals surface area contributed by atoms with Gasteiger partial charge in [-0.05, 0) is 0 Å². The van der Waals surface area contributed by atoms with Gasteiger partial charge in [-0.3, -0.25) is 0 Å². The van der Waals surface area contributed by atoms with E-state index in [1.807, 2.05) is 60.7 Å². The van der Waals surface area contributed by atoms with E-state index in [4.69, 9.17) is 17.7 Å². The fourth-order valence-electron chi connectivity index (χ4n) is 1.38. The summed E-state index contributed by atoms with van der Waals surface area (Å²) in [5.41, 5.74) is 0. The molecule has 0 spiro atoms. The summed E-state index contributed by atoms with van der Waals surface area (Å²) in [5, 5.41) is 0. The SMILES string of the molecule is [Cl][Sb]([Cl])([c]1ccccc1)[c]1ccccc1. The Morgan fingerprint density at radius 1 is 0.600 bits per heavy atom. The number of hydrogen-bond donors (Lipinski definition) is 0. The van der Waals surface area contributed by atoms with Crippen LogP contribution in [0.25, 0.3) is 0 Å². The Labute approximate surface area is 101 Å². The van der Waals surface area contributed by atoms with Crippen molar-refractivity contribution in [3.05, 3.63) is 60.7 Å². The Kier molecular flexibility index (Phi) is 3.61. The van der Waals surface area contributed by atoms with Crippen LogP contribution < -0.4 is 7.02 Å². The van der Waals surface area contributed by atoms with Gasteiger partial charge in [0, 0.05) is 0 Å². The molecule has 15 heavy (non-hydrogen) atoms. The van der Waals surface area contributed by atoms with E-state index in [0.29, 0.717) is 0 Å². The van der Waals surface area contributed by atoms with Crippen molar-refractivity contribution in [1.29, 1.82) is 0 Å². The van der Waals surface area contributed by atoms with Crippen LogP contribution in [0.4, 0.5) is 0 Å². The van der Waals surface area contributed by atoms with E-state index in [1.54, 1.807) is 0 Å². The molecule has 0 unspecified atom stereocenters. The van der Waals surface area contributed by atoms with Crippen molar-refractivity contribution < 1.29 is 0 Å². The van der Waals surface area contributed by atoms with Crippen LogP contribution in [-0.4, -0.2) is 16.5 Å². The minimum absolute atomic E-state index is 1.09. The third-order valence-electron chi connectivity index (χ3n) is 2.16. The molecule has 0 nitrogen and oxygen atoms in total. The summed E-state index contributed by atoms with van der Waals surface area (Å²) in [5.74, 6) is 0. The van der Waals surface area contributed by atoms with Crippen LogP contribution in [0.15, 0.2) is 60.7 Å². The summed E-state index contributed by atoms with van der Waals surface area (Å²) in [7, 11) is 13.1. The molecule has 77 valence electrons. The van der Waals surface area contributed by atoms with E-state index in [9.17, 15) is 0 Å². The van der Waals surface area contributed by atoms with Gasteiger partial charge in [0.2, 0.25) is 0 Å².